The Morgan fingerprint density at radius 1 is 0.917 bits per heavy atom. The highest BCUT2D eigenvalue weighted by atomic mass is 16.2. The maximum atomic E-state index is 12.4. The second kappa shape index (κ2) is 9.06. The van der Waals surface area contributed by atoms with Crippen LogP contribution in [0.15, 0.2) is 42.5 Å². The lowest BCUT2D eigenvalue weighted by molar-refractivity contribution is -0.143. The minimum Gasteiger partial charge on any atom is -0.334 e. The third-order valence-corrected chi connectivity index (χ3v) is 4.05. The van der Waals surface area contributed by atoms with Gasteiger partial charge in [-0.1, -0.05) is 57.0 Å². The van der Waals surface area contributed by atoms with Gasteiger partial charge in [-0.25, -0.2) is 0 Å². The van der Waals surface area contributed by atoms with Crippen molar-refractivity contribution in [2.24, 2.45) is 0 Å². The number of unbranched alkanes of at least 4 members (excludes halogenated alkanes) is 2. The predicted octanol–water partition coefficient (Wildman–Crippen LogP) is 4.21. The highest BCUT2D eigenvalue weighted by Gasteiger charge is 2.21. The van der Waals surface area contributed by atoms with Crippen LogP contribution in [0.2, 0.25) is 0 Å². The lowest BCUT2D eigenvalue weighted by atomic mass is 10.1. The molecule has 0 bridgehead atoms. The van der Waals surface area contributed by atoms with E-state index in [4.69, 9.17) is 0 Å². The van der Waals surface area contributed by atoms with Crippen molar-refractivity contribution in [1.82, 2.24) is 4.90 Å². The van der Waals surface area contributed by atoms with Crippen LogP contribution in [0.1, 0.15) is 39.5 Å². The Kier molecular flexibility index (Phi) is 6.79. The van der Waals surface area contributed by atoms with E-state index in [9.17, 15) is 9.59 Å². The number of nitrogens with zero attached hydrogens (tertiary/aromatic N) is 1. The van der Waals surface area contributed by atoms with Gasteiger partial charge in [0.1, 0.15) is 0 Å². The van der Waals surface area contributed by atoms with Crippen molar-refractivity contribution < 1.29 is 9.59 Å². The van der Waals surface area contributed by atoms with Crippen molar-refractivity contribution in [1.29, 1.82) is 0 Å². The fraction of sp³-hybridized carbons (Fsp3) is 0.400. The summed E-state index contributed by atoms with van der Waals surface area (Å²) in [5, 5.41) is 4.88. The van der Waals surface area contributed by atoms with Crippen molar-refractivity contribution in [3.05, 3.63) is 42.5 Å². The summed E-state index contributed by atoms with van der Waals surface area (Å²) in [5.74, 6) is -0.998. The molecule has 0 saturated heterocycles. The fourth-order valence-electron chi connectivity index (χ4n) is 2.61. The normalized spacial score (nSPS) is 10.6. The summed E-state index contributed by atoms with van der Waals surface area (Å²) >= 11 is 0. The zero-order valence-electron chi connectivity index (χ0n) is 14.5. The van der Waals surface area contributed by atoms with Crippen LogP contribution in [0.4, 0.5) is 5.69 Å². The SMILES string of the molecule is CCCCN(CCCC)C(=O)C(=O)Nc1ccc2ccccc2c1. The van der Waals surface area contributed by atoms with E-state index in [-0.39, 0.29) is 0 Å². The standard InChI is InChI=1S/C20H26N2O2/c1-3-5-13-22(14-6-4-2)20(24)19(23)21-18-12-11-16-9-7-8-10-17(16)15-18/h7-12,15H,3-6,13-14H2,1-2H3,(H,21,23). The quantitative estimate of drug-likeness (QED) is 0.775. The first kappa shape index (κ1) is 18.0. The Morgan fingerprint density at radius 3 is 2.17 bits per heavy atom. The number of carbonyl (C=O) groups excluding carboxylic acids is 2. The summed E-state index contributed by atoms with van der Waals surface area (Å²) in [7, 11) is 0. The number of nitrogens with one attached hydrogen (secondary N) is 1. The van der Waals surface area contributed by atoms with Crippen molar-refractivity contribution in [3.8, 4) is 0 Å². The lowest BCUT2D eigenvalue weighted by Gasteiger charge is -2.21. The van der Waals surface area contributed by atoms with Gasteiger partial charge in [0.15, 0.2) is 0 Å². The van der Waals surface area contributed by atoms with Crippen LogP contribution in [-0.2, 0) is 9.59 Å². The molecule has 0 heterocycles. The summed E-state index contributed by atoms with van der Waals surface area (Å²) in [4.78, 5) is 26.4. The molecule has 0 unspecified atom stereocenters. The Hall–Kier alpha value is -2.36. The van der Waals surface area contributed by atoms with E-state index >= 15 is 0 Å². The molecule has 0 spiro atoms. The van der Waals surface area contributed by atoms with Gasteiger partial charge in [0.05, 0.1) is 0 Å². The van der Waals surface area contributed by atoms with Crippen LogP contribution in [0.3, 0.4) is 0 Å². The number of fused-ring (bicyclic) bond motifs is 1. The summed E-state index contributed by atoms with van der Waals surface area (Å²) in [6.07, 6.45) is 3.84. The van der Waals surface area contributed by atoms with Gasteiger partial charge >= 0.3 is 11.8 Å². The van der Waals surface area contributed by atoms with Crippen molar-refractivity contribution in [2.45, 2.75) is 39.5 Å². The number of amides is 2. The Bertz CT molecular complexity index is 689. The zero-order chi connectivity index (χ0) is 17.4. The van der Waals surface area contributed by atoms with Gasteiger partial charge < -0.3 is 10.2 Å². The zero-order valence-corrected chi connectivity index (χ0v) is 14.5. The molecule has 2 aromatic carbocycles. The first-order valence-electron chi connectivity index (χ1n) is 8.74. The summed E-state index contributed by atoms with van der Waals surface area (Å²) < 4.78 is 0. The molecule has 0 saturated carbocycles. The molecule has 4 heteroatoms. The molecule has 0 fully saturated rings. The average molecular weight is 326 g/mol. The van der Waals surface area contributed by atoms with Crippen LogP contribution in [0.5, 0.6) is 0 Å². The van der Waals surface area contributed by atoms with E-state index in [1.165, 1.54) is 0 Å². The third kappa shape index (κ3) is 4.82. The number of rotatable bonds is 7. The maximum absolute atomic E-state index is 12.4. The largest absolute Gasteiger partial charge is 0.334 e. The van der Waals surface area contributed by atoms with Gasteiger partial charge in [0, 0.05) is 18.8 Å². The van der Waals surface area contributed by atoms with E-state index < -0.39 is 11.8 Å². The first-order chi connectivity index (χ1) is 11.7. The molecule has 2 amide bonds. The van der Waals surface area contributed by atoms with Gasteiger partial charge in [0.2, 0.25) is 0 Å². The van der Waals surface area contributed by atoms with Crippen LogP contribution in [0, 0.1) is 0 Å². The third-order valence-electron chi connectivity index (χ3n) is 4.05. The van der Waals surface area contributed by atoms with Crippen LogP contribution in [-0.4, -0.2) is 29.8 Å². The molecule has 128 valence electrons. The molecule has 24 heavy (non-hydrogen) atoms. The number of anilines is 1. The van der Waals surface area contributed by atoms with Crippen LogP contribution in [0.25, 0.3) is 10.8 Å². The highest BCUT2D eigenvalue weighted by molar-refractivity contribution is 6.39. The number of carbonyl (C=O) groups is 2. The van der Waals surface area contributed by atoms with Gasteiger partial charge in [-0.05, 0) is 35.7 Å². The molecular weight excluding hydrogens is 300 g/mol. The molecule has 2 rings (SSSR count). The van der Waals surface area contributed by atoms with E-state index in [1.807, 2.05) is 42.5 Å². The Morgan fingerprint density at radius 2 is 1.54 bits per heavy atom. The highest BCUT2D eigenvalue weighted by Crippen LogP contribution is 2.18. The Balaban J connectivity index is 2.05. The molecule has 0 aliphatic heterocycles. The summed E-state index contributed by atoms with van der Waals surface area (Å²) in [6, 6.07) is 13.6. The molecule has 4 nitrogen and oxygen atoms in total. The van der Waals surface area contributed by atoms with Gasteiger partial charge in [-0.15, -0.1) is 0 Å². The van der Waals surface area contributed by atoms with Crippen LogP contribution >= 0.6 is 0 Å². The fourth-order valence-corrected chi connectivity index (χ4v) is 2.61. The molecule has 0 aromatic heterocycles. The minimum atomic E-state index is -0.558. The lowest BCUT2D eigenvalue weighted by Crippen LogP contribution is -2.40. The second-order valence-corrected chi connectivity index (χ2v) is 6.02. The topological polar surface area (TPSA) is 49.4 Å². The molecule has 0 atom stereocenters. The van der Waals surface area contributed by atoms with E-state index in [2.05, 4.69) is 19.2 Å². The van der Waals surface area contributed by atoms with Crippen molar-refractivity contribution >= 4 is 28.3 Å². The first-order valence-corrected chi connectivity index (χ1v) is 8.74. The number of hydrogen-bond donors (Lipinski definition) is 1. The summed E-state index contributed by atoms with van der Waals surface area (Å²) in [5.41, 5.74) is 0.651. The molecule has 0 aliphatic rings. The smallest absolute Gasteiger partial charge is 0.313 e. The minimum absolute atomic E-state index is 0.440. The molecule has 0 radical (unpaired) electrons. The number of benzene rings is 2. The molecular formula is C20H26N2O2. The summed E-state index contributed by atoms with van der Waals surface area (Å²) in [6.45, 7) is 5.44. The Labute approximate surface area is 143 Å². The van der Waals surface area contributed by atoms with Crippen LogP contribution < -0.4 is 5.32 Å². The molecule has 1 N–H and O–H groups in total. The van der Waals surface area contributed by atoms with Gasteiger partial charge in [-0.2, -0.15) is 0 Å². The monoisotopic (exact) mass is 326 g/mol. The van der Waals surface area contributed by atoms with Gasteiger partial charge in [-0.3, -0.25) is 9.59 Å². The average Bonchev–Trinajstić information content (AvgIpc) is 2.61. The number of hydrogen-bond acceptors (Lipinski definition) is 2. The van der Waals surface area contributed by atoms with Crippen molar-refractivity contribution in [3.63, 3.8) is 0 Å². The second-order valence-electron chi connectivity index (χ2n) is 6.02. The van der Waals surface area contributed by atoms with E-state index in [1.54, 1.807) is 4.90 Å². The van der Waals surface area contributed by atoms with E-state index in [0.717, 1.165) is 36.5 Å². The molecule has 2 aromatic rings. The van der Waals surface area contributed by atoms with E-state index in [0.29, 0.717) is 18.8 Å². The molecule has 0 aliphatic carbocycles. The van der Waals surface area contributed by atoms with Crippen molar-refractivity contribution in [2.75, 3.05) is 18.4 Å². The van der Waals surface area contributed by atoms with Gasteiger partial charge in [0.25, 0.3) is 0 Å². The maximum Gasteiger partial charge on any atom is 0.313 e. The predicted molar refractivity (Wildman–Crippen MR) is 99.0 cm³/mol.